The maximum absolute atomic E-state index is 6.01. The molecule has 7 heteroatoms. The SMILES string of the molecule is CCN(CC)Cc1ccccc1[Se]SP(=S)(OC(C)C)OC(C)C. The van der Waals surface area contributed by atoms with Crippen molar-refractivity contribution in [3.63, 3.8) is 0 Å². The normalized spacial score (nSPS) is 12.5. The van der Waals surface area contributed by atoms with Gasteiger partial charge in [0.15, 0.2) is 0 Å². The van der Waals surface area contributed by atoms with Crippen LogP contribution in [-0.4, -0.2) is 44.0 Å². The Balaban J connectivity index is 2.85. The van der Waals surface area contributed by atoms with Crippen LogP contribution < -0.4 is 4.46 Å². The van der Waals surface area contributed by atoms with Gasteiger partial charge in [0.1, 0.15) is 0 Å². The van der Waals surface area contributed by atoms with Crippen molar-refractivity contribution >= 4 is 45.6 Å². The Labute approximate surface area is 162 Å². The molecule has 0 radical (unpaired) electrons. The molecule has 3 nitrogen and oxygen atoms in total. The third kappa shape index (κ3) is 8.33. The summed E-state index contributed by atoms with van der Waals surface area (Å²) in [6.07, 6.45) is 0.174. The van der Waals surface area contributed by atoms with Crippen molar-refractivity contribution in [2.75, 3.05) is 13.1 Å². The van der Waals surface area contributed by atoms with Crippen LogP contribution in [0, 0.1) is 0 Å². The third-order valence-corrected chi connectivity index (χ3v) is 16.4. The molecule has 0 spiro atoms. The summed E-state index contributed by atoms with van der Waals surface area (Å²) >= 11 is 5.95. The molecule has 1 rings (SSSR count). The van der Waals surface area contributed by atoms with Gasteiger partial charge in [0.2, 0.25) is 0 Å². The van der Waals surface area contributed by atoms with Crippen molar-refractivity contribution in [1.82, 2.24) is 4.90 Å². The second kappa shape index (κ2) is 11.4. The molecular weight excluding hydrogens is 424 g/mol. The molecule has 1 aromatic rings. The average Bonchev–Trinajstić information content (AvgIpc) is 2.50. The fourth-order valence-electron chi connectivity index (χ4n) is 2.07. The summed E-state index contributed by atoms with van der Waals surface area (Å²) in [5.74, 6) is 0. The van der Waals surface area contributed by atoms with E-state index in [1.807, 2.05) is 27.7 Å². The molecule has 0 amide bonds. The second-order valence-corrected chi connectivity index (χ2v) is 16.4. The number of hydrogen-bond acceptors (Lipinski definition) is 5. The van der Waals surface area contributed by atoms with E-state index in [1.165, 1.54) is 10.0 Å². The van der Waals surface area contributed by atoms with Crippen LogP contribution in [0.5, 0.6) is 0 Å². The molecule has 0 atom stereocenters. The molecule has 0 saturated heterocycles. The van der Waals surface area contributed by atoms with Crippen LogP contribution in [0.4, 0.5) is 0 Å². The van der Waals surface area contributed by atoms with Gasteiger partial charge in [-0.05, 0) is 0 Å². The van der Waals surface area contributed by atoms with Crippen molar-refractivity contribution < 1.29 is 9.05 Å². The molecule has 24 heavy (non-hydrogen) atoms. The topological polar surface area (TPSA) is 21.7 Å². The zero-order valence-electron chi connectivity index (χ0n) is 15.5. The van der Waals surface area contributed by atoms with Gasteiger partial charge >= 0.3 is 163 Å². The second-order valence-electron chi connectivity index (χ2n) is 5.98. The molecule has 0 bridgehead atoms. The van der Waals surface area contributed by atoms with Crippen LogP contribution in [0.2, 0.25) is 0 Å². The van der Waals surface area contributed by atoms with Gasteiger partial charge in [-0.3, -0.25) is 0 Å². The summed E-state index contributed by atoms with van der Waals surface area (Å²) in [6.45, 7) is 15.6. The molecule has 1 aromatic carbocycles. The van der Waals surface area contributed by atoms with Gasteiger partial charge in [-0.15, -0.1) is 0 Å². The standard InChI is InChI=1S/C17H30NO2PS2Se/c1-7-18(8-2)13-16-11-9-10-12-17(16)24-23-21(22,19-14(3)4)20-15(5)6/h9-12,14-15H,7-8,13H2,1-6H3. The Morgan fingerprint density at radius 2 is 1.62 bits per heavy atom. The summed E-state index contributed by atoms with van der Waals surface area (Å²) in [7, 11) is 1.72. The molecule has 0 aliphatic rings. The fraction of sp³-hybridized carbons (Fsp3) is 0.647. The quantitative estimate of drug-likeness (QED) is 0.360. The van der Waals surface area contributed by atoms with Crippen LogP contribution in [-0.2, 0) is 27.4 Å². The number of benzene rings is 1. The van der Waals surface area contributed by atoms with Crippen molar-refractivity contribution in [2.24, 2.45) is 0 Å². The Hall–Kier alpha value is 0.619. The van der Waals surface area contributed by atoms with Crippen molar-refractivity contribution in [1.29, 1.82) is 0 Å². The first-order valence-corrected chi connectivity index (χ1v) is 15.4. The number of nitrogens with zero attached hydrogens (tertiary/aromatic N) is 1. The van der Waals surface area contributed by atoms with Crippen molar-refractivity contribution in [2.45, 2.75) is 60.3 Å². The summed E-state index contributed by atoms with van der Waals surface area (Å²) in [5.41, 5.74) is -0.908. The average molecular weight is 455 g/mol. The van der Waals surface area contributed by atoms with E-state index in [9.17, 15) is 0 Å². The number of hydrogen-bond donors (Lipinski definition) is 0. The van der Waals surface area contributed by atoms with Gasteiger partial charge in [0.05, 0.1) is 0 Å². The van der Waals surface area contributed by atoms with E-state index in [4.69, 9.17) is 20.9 Å². The minimum absolute atomic E-state index is 0.0869. The molecule has 0 N–H and O–H groups in total. The first kappa shape index (κ1) is 22.7. The van der Waals surface area contributed by atoms with E-state index in [-0.39, 0.29) is 26.0 Å². The predicted octanol–water partition coefficient (Wildman–Crippen LogP) is 4.58. The molecule has 0 heterocycles. The van der Waals surface area contributed by atoms with E-state index >= 15 is 0 Å². The summed E-state index contributed by atoms with van der Waals surface area (Å²) in [5, 5.41) is 0. The molecule has 0 fully saturated rings. The monoisotopic (exact) mass is 455 g/mol. The van der Waals surface area contributed by atoms with Crippen LogP contribution in [0.3, 0.4) is 0 Å². The molecule has 0 aliphatic carbocycles. The Morgan fingerprint density at radius 3 is 2.12 bits per heavy atom. The minimum atomic E-state index is -2.30. The van der Waals surface area contributed by atoms with Gasteiger partial charge < -0.3 is 0 Å². The van der Waals surface area contributed by atoms with Gasteiger partial charge in [0.25, 0.3) is 0 Å². The molecule has 0 saturated carbocycles. The van der Waals surface area contributed by atoms with Crippen LogP contribution in [0.15, 0.2) is 24.3 Å². The summed E-state index contributed by atoms with van der Waals surface area (Å²) < 4.78 is 13.4. The zero-order chi connectivity index (χ0) is 18.2. The van der Waals surface area contributed by atoms with E-state index in [2.05, 4.69) is 43.0 Å². The van der Waals surface area contributed by atoms with Gasteiger partial charge in [0, 0.05) is 0 Å². The fourth-order valence-corrected chi connectivity index (χ4v) is 13.8. The Morgan fingerprint density at radius 1 is 1.08 bits per heavy atom. The van der Waals surface area contributed by atoms with Crippen molar-refractivity contribution in [3.8, 4) is 0 Å². The van der Waals surface area contributed by atoms with E-state index in [0.29, 0.717) is 0 Å². The maximum atomic E-state index is 6.01. The van der Waals surface area contributed by atoms with Crippen LogP contribution >= 0.6 is 15.5 Å². The predicted molar refractivity (Wildman–Crippen MR) is 113 cm³/mol. The summed E-state index contributed by atoms with van der Waals surface area (Å²) in [4.78, 5) is 2.44. The molecular formula is C17H30NO2PS2Se. The van der Waals surface area contributed by atoms with E-state index < -0.39 is 5.69 Å². The first-order valence-electron chi connectivity index (χ1n) is 8.43. The Kier molecular flexibility index (Phi) is 10.7. The van der Waals surface area contributed by atoms with Crippen LogP contribution in [0.1, 0.15) is 47.1 Å². The molecule has 138 valence electrons. The van der Waals surface area contributed by atoms with E-state index in [0.717, 1.165) is 19.6 Å². The van der Waals surface area contributed by atoms with Gasteiger partial charge in [-0.25, -0.2) is 0 Å². The van der Waals surface area contributed by atoms with E-state index in [1.54, 1.807) is 9.80 Å². The zero-order valence-corrected chi connectivity index (χ0v) is 19.8. The van der Waals surface area contributed by atoms with Crippen molar-refractivity contribution in [3.05, 3.63) is 29.8 Å². The first-order chi connectivity index (χ1) is 11.3. The molecule has 0 aromatic heterocycles. The van der Waals surface area contributed by atoms with Gasteiger partial charge in [-0.2, -0.15) is 0 Å². The molecule has 0 unspecified atom stereocenters. The summed E-state index contributed by atoms with van der Waals surface area (Å²) in [6, 6.07) is 8.68. The molecule has 0 aliphatic heterocycles. The van der Waals surface area contributed by atoms with Crippen LogP contribution in [0.25, 0.3) is 0 Å². The Bertz CT molecular complexity index is 525. The van der Waals surface area contributed by atoms with Gasteiger partial charge in [-0.1, -0.05) is 0 Å². The third-order valence-electron chi connectivity index (χ3n) is 3.16. The number of rotatable bonds is 11.